The van der Waals surface area contributed by atoms with Crippen LogP contribution in [0.5, 0.6) is 5.88 Å². The molecule has 3 N–H and O–H groups in total. The van der Waals surface area contributed by atoms with Crippen LogP contribution in [-0.2, 0) is 29.0 Å². The summed E-state index contributed by atoms with van der Waals surface area (Å²) in [5.41, 5.74) is 7.71. The van der Waals surface area contributed by atoms with Crippen molar-refractivity contribution in [1.29, 1.82) is 0 Å². The predicted octanol–water partition coefficient (Wildman–Crippen LogP) is 2.10. The van der Waals surface area contributed by atoms with Gasteiger partial charge in [-0.05, 0) is 43.2 Å². The third-order valence-electron chi connectivity index (χ3n) is 11.1. The van der Waals surface area contributed by atoms with E-state index in [-0.39, 0.29) is 24.3 Å². The molecular weight excluding hydrogens is 703 g/mol. The SMILES string of the molecule is Cc1c(N2CCc3cnc(Nc4cnc(CC(=O)N5CCN(C6CN(c7ccc(N8CCC(=O)NC8=O)cc7)C6)CC5)cn4)nc3C2)cnc2c1NCCO2. The number of hydrogen-bond acceptors (Lipinski definition) is 14. The summed E-state index contributed by atoms with van der Waals surface area (Å²) in [5.74, 6) is 1.42. The number of urea groups is 1. The van der Waals surface area contributed by atoms with Crippen molar-refractivity contribution in [2.75, 3.05) is 90.8 Å². The maximum absolute atomic E-state index is 13.2. The number of amides is 4. The van der Waals surface area contributed by atoms with Gasteiger partial charge in [0.2, 0.25) is 23.6 Å². The number of carbonyl (C=O) groups is 3. The van der Waals surface area contributed by atoms with Gasteiger partial charge in [-0.1, -0.05) is 0 Å². The molecule has 9 rings (SSSR count). The number of pyridine rings is 1. The monoisotopic (exact) mass is 745 g/mol. The van der Waals surface area contributed by atoms with Crippen molar-refractivity contribution < 1.29 is 19.1 Å². The Morgan fingerprint density at radius 1 is 0.891 bits per heavy atom. The smallest absolute Gasteiger partial charge is 0.328 e. The summed E-state index contributed by atoms with van der Waals surface area (Å²) in [6.07, 6.45) is 8.34. The van der Waals surface area contributed by atoms with E-state index in [9.17, 15) is 14.4 Å². The highest BCUT2D eigenvalue weighted by molar-refractivity contribution is 6.05. The lowest BCUT2D eigenvalue weighted by atomic mass is 10.0. The molecule has 5 aliphatic rings. The zero-order chi connectivity index (χ0) is 37.5. The summed E-state index contributed by atoms with van der Waals surface area (Å²) in [6.45, 7) is 10.2. The Bertz CT molecular complexity index is 2100. The molecule has 17 heteroatoms. The molecule has 4 amide bonds. The first kappa shape index (κ1) is 34.7. The molecule has 4 aromatic rings. The fraction of sp³-hybridized carbons (Fsp3) is 0.421. The van der Waals surface area contributed by atoms with E-state index in [1.807, 2.05) is 41.6 Å². The van der Waals surface area contributed by atoms with Gasteiger partial charge >= 0.3 is 6.03 Å². The molecule has 3 saturated heterocycles. The normalized spacial score (nSPS) is 18.8. The lowest BCUT2D eigenvalue weighted by molar-refractivity contribution is -0.132. The molecule has 8 heterocycles. The van der Waals surface area contributed by atoms with Crippen molar-refractivity contribution in [2.24, 2.45) is 0 Å². The van der Waals surface area contributed by atoms with Crippen LogP contribution in [0.15, 0.2) is 49.1 Å². The molecule has 0 radical (unpaired) electrons. The van der Waals surface area contributed by atoms with Crippen molar-refractivity contribution >= 4 is 52.4 Å². The molecule has 55 heavy (non-hydrogen) atoms. The number of nitrogens with zero attached hydrogens (tertiary/aromatic N) is 10. The highest BCUT2D eigenvalue weighted by Gasteiger charge is 2.35. The van der Waals surface area contributed by atoms with Crippen molar-refractivity contribution in [1.82, 2.24) is 40.0 Å². The average molecular weight is 746 g/mol. The summed E-state index contributed by atoms with van der Waals surface area (Å²) in [5, 5.41) is 8.97. The standard InChI is InChI=1S/C38H43N13O4/c1-24-31(19-42-36-35(24)39-8-15-55-36)49-9-6-25-17-43-37(44-30(25)23-49)45-32-20-40-26(18-41-32)16-34(53)48-13-11-47(12-14-48)29-21-50(22-29)27-2-4-28(5-3-27)51-10-7-33(52)46-38(51)54/h2-5,17-20,29,39H,6-16,21-23H2,1H3,(H,46,52,54)(H,41,43,44,45). The molecule has 0 unspecified atom stereocenters. The number of benzene rings is 1. The quantitative estimate of drug-likeness (QED) is 0.239. The van der Waals surface area contributed by atoms with Gasteiger partial charge in [0.25, 0.3) is 0 Å². The van der Waals surface area contributed by atoms with Gasteiger partial charge in [-0.25, -0.2) is 24.7 Å². The average Bonchev–Trinajstić information content (AvgIpc) is 3.19. The lowest BCUT2D eigenvalue weighted by Gasteiger charge is -2.49. The number of imide groups is 1. The van der Waals surface area contributed by atoms with Crippen LogP contribution in [0.1, 0.15) is 28.9 Å². The lowest BCUT2D eigenvalue weighted by Crippen LogP contribution is -2.63. The molecule has 17 nitrogen and oxygen atoms in total. The fourth-order valence-corrected chi connectivity index (χ4v) is 7.88. The van der Waals surface area contributed by atoms with E-state index in [2.05, 4.69) is 57.5 Å². The molecule has 3 aromatic heterocycles. The molecule has 0 bridgehead atoms. The van der Waals surface area contributed by atoms with Crippen LogP contribution < -0.4 is 35.4 Å². The van der Waals surface area contributed by atoms with E-state index < -0.39 is 0 Å². The molecule has 1 aromatic carbocycles. The number of carbonyl (C=O) groups excluding carboxylic acids is 3. The summed E-state index contributed by atoms with van der Waals surface area (Å²) in [6, 6.07) is 7.97. The second-order valence-corrected chi connectivity index (χ2v) is 14.5. The van der Waals surface area contributed by atoms with E-state index in [1.54, 1.807) is 17.3 Å². The molecule has 0 spiro atoms. The minimum Gasteiger partial charge on any atom is -0.474 e. The Labute approximate surface area is 318 Å². The molecular formula is C38H43N13O4. The predicted molar refractivity (Wildman–Crippen MR) is 205 cm³/mol. The zero-order valence-electron chi connectivity index (χ0n) is 30.7. The van der Waals surface area contributed by atoms with Gasteiger partial charge in [-0.15, -0.1) is 0 Å². The van der Waals surface area contributed by atoms with Crippen LogP contribution >= 0.6 is 0 Å². The van der Waals surface area contributed by atoms with Crippen LogP contribution in [0.4, 0.5) is 39.3 Å². The minimum absolute atomic E-state index is 0.0481. The van der Waals surface area contributed by atoms with Gasteiger partial charge in [0.15, 0.2) is 5.82 Å². The maximum atomic E-state index is 13.2. The van der Waals surface area contributed by atoms with Crippen LogP contribution in [0.2, 0.25) is 0 Å². The summed E-state index contributed by atoms with van der Waals surface area (Å²) in [4.78, 5) is 70.4. The first-order valence-electron chi connectivity index (χ1n) is 18.9. The third kappa shape index (κ3) is 7.14. The summed E-state index contributed by atoms with van der Waals surface area (Å²) < 4.78 is 5.71. The molecule has 284 valence electrons. The van der Waals surface area contributed by atoms with Gasteiger partial charge in [0.05, 0.1) is 48.6 Å². The Morgan fingerprint density at radius 2 is 1.71 bits per heavy atom. The largest absolute Gasteiger partial charge is 0.474 e. The van der Waals surface area contributed by atoms with E-state index in [0.29, 0.717) is 68.6 Å². The summed E-state index contributed by atoms with van der Waals surface area (Å²) >= 11 is 0. The van der Waals surface area contributed by atoms with Crippen molar-refractivity contribution in [3.63, 3.8) is 0 Å². The number of piperazine rings is 1. The van der Waals surface area contributed by atoms with Gasteiger partial charge in [0, 0.05) is 94.5 Å². The van der Waals surface area contributed by atoms with Crippen LogP contribution in [0.25, 0.3) is 0 Å². The molecule has 0 saturated carbocycles. The van der Waals surface area contributed by atoms with Gasteiger partial charge in [-0.2, -0.15) is 0 Å². The number of aromatic nitrogens is 5. The Kier molecular flexibility index (Phi) is 9.21. The second-order valence-electron chi connectivity index (χ2n) is 14.5. The van der Waals surface area contributed by atoms with Crippen LogP contribution in [0, 0.1) is 6.92 Å². The number of fused-ring (bicyclic) bond motifs is 2. The Morgan fingerprint density at radius 3 is 2.49 bits per heavy atom. The Hall–Kier alpha value is -6.10. The van der Waals surface area contributed by atoms with Gasteiger partial charge in [-0.3, -0.25) is 29.7 Å². The number of rotatable bonds is 8. The van der Waals surface area contributed by atoms with Crippen LogP contribution in [0.3, 0.4) is 0 Å². The van der Waals surface area contributed by atoms with Crippen molar-refractivity contribution in [3.8, 4) is 5.88 Å². The second kappa shape index (κ2) is 14.6. The Balaban J connectivity index is 0.732. The molecule has 3 fully saturated rings. The van der Waals surface area contributed by atoms with Gasteiger partial charge < -0.3 is 30.1 Å². The number of anilines is 6. The molecule has 0 aliphatic carbocycles. The summed E-state index contributed by atoms with van der Waals surface area (Å²) in [7, 11) is 0. The fourth-order valence-electron chi connectivity index (χ4n) is 7.88. The third-order valence-corrected chi connectivity index (χ3v) is 11.1. The van der Waals surface area contributed by atoms with E-state index in [1.165, 1.54) is 0 Å². The first-order valence-corrected chi connectivity index (χ1v) is 18.9. The van der Waals surface area contributed by atoms with Gasteiger partial charge in [0.1, 0.15) is 12.3 Å². The topological polar surface area (TPSA) is 177 Å². The zero-order valence-corrected chi connectivity index (χ0v) is 30.7. The number of ether oxygens (including phenoxy) is 1. The highest BCUT2D eigenvalue weighted by Crippen LogP contribution is 2.36. The highest BCUT2D eigenvalue weighted by atomic mass is 16.5. The van der Waals surface area contributed by atoms with Crippen LogP contribution in [-0.4, -0.2) is 124 Å². The van der Waals surface area contributed by atoms with Crippen molar-refractivity contribution in [2.45, 2.75) is 38.8 Å². The van der Waals surface area contributed by atoms with E-state index in [4.69, 9.17) is 9.72 Å². The number of hydrogen-bond donors (Lipinski definition) is 3. The first-order chi connectivity index (χ1) is 26.8. The van der Waals surface area contributed by atoms with Crippen molar-refractivity contribution in [3.05, 3.63) is 71.6 Å². The molecule has 0 atom stereocenters. The number of nitrogens with one attached hydrogen (secondary N) is 3. The minimum atomic E-state index is -0.376. The van der Waals surface area contributed by atoms with E-state index in [0.717, 1.165) is 85.3 Å². The van der Waals surface area contributed by atoms with E-state index >= 15 is 0 Å². The maximum Gasteiger partial charge on any atom is 0.328 e. The molecule has 5 aliphatic heterocycles.